The highest BCUT2D eigenvalue weighted by Crippen LogP contribution is 2.56. The van der Waals surface area contributed by atoms with E-state index in [1.54, 1.807) is 0 Å². The molecule has 2 nitrogen and oxygen atoms in total. The average molecular weight is 407 g/mol. The molecule has 152 valence electrons. The number of carbonyl (C=O) groups excluding carboxylic acids is 1. The first-order valence-electron chi connectivity index (χ1n) is 10.9. The van der Waals surface area contributed by atoms with Crippen LogP contribution in [0.5, 0.6) is 0 Å². The van der Waals surface area contributed by atoms with E-state index in [0.717, 1.165) is 36.3 Å². The summed E-state index contributed by atoms with van der Waals surface area (Å²) in [5, 5.41) is 1.92. The minimum atomic E-state index is -2.66. The lowest BCUT2D eigenvalue weighted by molar-refractivity contribution is -0.115. The van der Waals surface area contributed by atoms with Gasteiger partial charge in [0.05, 0.1) is 0 Å². The van der Waals surface area contributed by atoms with E-state index in [1.165, 1.54) is 5.57 Å². The van der Waals surface area contributed by atoms with Crippen molar-refractivity contribution >= 4 is 23.5 Å². The normalized spacial score (nSPS) is 25.4. The van der Waals surface area contributed by atoms with Crippen molar-refractivity contribution in [3.05, 3.63) is 72.3 Å². The third-order valence-electron chi connectivity index (χ3n) is 7.44. The number of fused-ring (bicyclic) bond motifs is 1. The van der Waals surface area contributed by atoms with E-state index in [4.69, 9.17) is 0 Å². The topological polar surface area (TPSA) is 34.1 Å². The van der Waals surface area contributed by atoms with E-state index < -0.39 is 7.14 Å². The number of allylic oxidation sites excluding steroid dienone is 2. The molecule has 0 N–H and O–H groups in total. The molecule has 0 saturated heterocycles. The van der Waals surface area contributed by atoms with Gasteiger partial charge in [-0.05, 0) is 49.0 Å². The molecule has 1 saturated carbocycles. The molecule has 3 atom stereocenters. The van der Waals surface area contributed by atoms with Gasteiger partial charge in [0.15, 0.2) is 5.78 Å². The lowest BCUT2D eigenvalue weighted by atomic mass is 9.66. The van der Waals surface area contributed by atoms with Gasteiger partial charge in [0, 0.05) is 23.2 Å². The van der Waals surface area contributed by atoms with E-state index in [1.807, 2.05) is 66.7 Å². The first-order valence-corrected chi connectivity index (χ1v) is 12.8. The maximum atomic E-state index is 14.3. The second-order valence-electron chi connectivity index (χ2n) is 9.10. The first kappa shape index (κ1) is 20.4. The number of hydrogen-bond donors (Lipinski definition) is 0. The maximum Gasteiger partial charge on any atom is 0.155 e. The molecular weight excluding hydrogens is 375 g/mol. The molecule has 2 aromatic carbocycles. The van der Waals surface area contributed by atoms with Crippen molar-refractivity contribution in [1.82, 2.24) is 0 Å². The minimum Gasteiger partial charge on any atom is -0.314 e. The van der Waals surface area contributed by atoms with E-state index in [-0.39, 0.29) is 5.41 Å². The molecule has 2 aromatic rings. The Morgan fingerprint density at radius 1 is 1.00 bits per heavy atom. The highest BCUT2D eigenvalue weighted by Gasteiger charge is 2.46. The van der Waals surface area contributed by atoms with Gasteiger partial charge in [0.1, 0.15) is 7.14 Å². The van der Waals surface area contributed by atoms with Gasteiger partial charge in [-0.1, -0.05) is 80.1 Å². The Labute approximate surface area is 174 Å². The highest BCUT2D eigenvalue weighted by atomic mass is 31.2. The van der Waals surface area contributed by atoms with E-state index in [2.05, 4.69) is 13.8 Å². The molecule has 0 spiro atoms. The fraction of sp³-hybridized carbons (Fsp3) is 0.423. The Balaban J connectivity index is 1.57. The molecule has 0 unspecified atom stereocenters. The summed E-state index contributed by atoms with van der Waals surface area (Å²) in [5.74, 6) is 1.35. The molecule has 0 heterocycles. The average Bonchev–Trinajstić information content (AvgIpc) is 3.09. The van der Waals surface area contributed by atoms with Gasteiger partial charge in [0.2, 0.25) is 0 Å². The van der Waals surface area contributed by atoms with E-state index in [0.29, 0.717) is 30.2 Å². The Bertz CT molecular complexity index is 904. The van der Waals surface area contributed by atoms with Crippen LogP contribution in [0.15, 0.2) is 72.3 Å². The molecule has 0 aromatic heterocycles. The molecule has 3 heteroatoms. The van der Waals surface area contributed by atoms with Crippen LogP contribution in [0.25, 0.3) is 0 Å². The van der Waals surface area contributed by atoms with Crippen molar-refractivity contribution in [1.29, 1.82) is 0 Å². The monoisotopic (exact) mass is 406 g/mol. The fourth-order valence-electron chi connectivity index (χ4n) is 5.63. The molecule has 1 fully saturated rings. The summed E-state index contributed by atoms with van der Waals surface area (Å²) in [6.45, 7) is 4.68. The van der Waals surface area contributed by atoms with Crippen molar-refractivity contribution in [2.24, 2.45) is 17.3 Å². The Hall–Kier alpha value is -1.92. The van der Waals surface area contributed by atoms with Crippen LogP contribution in [-0.2, 0) is 9.36 Å². The standard InChI is InChI=1S/C26H31O2P/c1-20(25-14-13-21-19-22(27)15-17-26(21,25)2)16-18-29(28,23-9-5-3-6-10-23)24-11-7-4-8-12-24/h3-12,19-20,25H,13-18H2,1-2H3/t20-,25-,26+/m1/s1. The summed E-state index contributed by atoms with van der Waals surface area (Å²) < 4.78 is 14.3. The quantitative estimate of drug-likeness (QED) is 0.574. The molecule has 0 amide bonds. The van der Waals surface area contributed by atoms with Crippen molar-refractivity contribution in [3.8, 4) is 0 Å². The molecule has 2 aliphatic carbocycles. The van der Waals surface area contributed by atoms with E-state index in [9.17, 15) is 9.36 Å². The van der Waals surface area contributed by atoms with Gasteiger partial charge >= 0.3 is 0 Å². The molecule has 0 aliphatic heterocycles. The zero-order valence-corrected chi connectivity index (χ0v) is 18.4. The van der Waals surface area contributed by atoms with Crippen LogP contribution in [0.1, 0.15) is 46.0 Å². The fourth-order valence-corrected chi connectivity index (χ4v) is 8.52. The van der Waals surface area contributed by atoms with Gasteiger partial charge < -0.3 is 4.57 Å². The number of ketones is 1. The lowest BCUT2D eigenvalue weighted by Crippen LogP contribution is -2.32. The van der Waals surface area contributed by atoms with Crippen molar-refractivity contribution in [3.63, 3.8) is 0 Å². The number of carbonyl (C=O) groups is 1. The van der Waals surface area contributed by atoms with Crippen LogP contribution >= 0.6 is 7.14 Å². The van der Waals surface area contributed by atoms with Crippen molar-refractivity contribution in [2.75, 3.05) is 6.16 Å². The second-order valence-corrected chi connectivity index (χ2v) is 12.1. The zero-order chi connectivity index (χ0) is 20.5. The Morgan fingerprint density at radius 2 is 1.59 bits per heavy atom. The van der Waals surface area contributed by atoms with Gasteiger partial charge in [0.25, 0.3) is 0 Å². The Kier molecular flexibility index (Phi) is 5.67. The van der Waals surface area contributed by atoms with E-state index >= 15 is 0 Å². The Morgan fingerprint density at radius 3 is 2.17 bits per heavy atom. The van der Waals surface area contributed by atoms with Crippen LogP contribution in [0.4, 0.5) is 0 Å². The molecule has 0 bridgehead atoms. The zero-order valence-electron chi connectivity index (χ0n) is 17.5. The lowest BCUT2D eigenvalue weighted by Gasteiger charge is -2.39. The predicted molar refractivity (Wildman–Crippen MR) is 122 cm³/mol. The minimum absolute atomic E-state index is 0.150. The summed E-state index contributed by atoms with van der Waals surface area (Å²) in [6, 6.07) is 20.0. The van der Waals surface area contributed by atoms with Gasteiger partial charge in [-0.2, -0.15) is 0 Å². The smallest absolute Gasteiger partial charge is 0.155 e. The van der Waals surface area contributed by atoms with Crippen LogP contribution in [0, 0.1) is 17.3 Å². The summed E-state index contributed by atoms with van der Waals surface area (Å²) >= 11 is 0. The second kappa shape index (κ2) is 8.07. The summed E-state index contributed by atoms with van der Waals surface area (Å²) in [7, 11) is -2.66. The van der Waals surface area contributed by atoms with Crippen LogP contribution < -0.4 is 10.6 Å². The molecule has 2 aliphatic rings. The van der Waals surface area contributed by atoms with Crippen molar-refractivity contribution < 1.29 is 9.36 Å². The largest absolute Gasteiger partial charge is 0.314 e. The SMILES string of the molecule is C[C@H](CCP(=O)(c1ccccc1)c1ccccc1)[C@H]1CCC2=CC(=O)CC[C@@]21C. The predicted octanol–water partition coefficient (Wildman–Crippen LogP) is 5.73. The van der Waals surface area contributed by atoms with Gasteiger partial charge in [-0.3, -0.25) is 4.79 Å². The van der Waals surface area contributed by atoms with Crippen LogP contribution in [-0.4, -0.2) is 11.9 Å². The molecule has 0 radical (unpaired) electrons. The first-order chi connectivity index (χ1) is 13.9. The van der Waals surface area contributed by atoms with Crippen LogP contribution in [0.3, 0.4) is 0 Å². The molecule has 29 heavy (non-hydrogen) atoms. The summed E-state index contributed by atoms with van der Waals surface area (Å²) in [6.07, 6.45) is 7.42. The van der Waals surface area contributed by atoms with Gasteiger partial charge in [-0.15, -0.1) is 0 Å². The third kappa shape index (κ3) is 3.80. The van der Waals surface area contributed by atoms with Crippen molar-refractivity contribution in [2.45, 2.75) is 46.0 Å². The molecular formula is C26H31O2P. The number of rotatable bonds is 6. The third-order valence-corrected chi connectivity index (χ3v) is 10.6. The summed E-state index contributed by atoms with van der Waals surface area (Å²) in [4.78, 5) is 11.9. The number of benzene rings is 2. The summed E-state index contributed by atoms with van der Waals surface area (Å²) in [5.41, 5.74) is 1.51. The van der Waals surface area contributed by atoms with Gasteiger partial charge in [-0.25, -0.2) is 0 Å². The number of hydrogen-bond acceptors (Lipinski definition) is 2. The maximum absolute atomic E-state index is 14.3. The van der Waals surface area contributed by atoms with Crippen LogP contribution in [0.2, 0.25) is 0 Å². The highest BCUT2D eigenvalue weighted by molar-refractivity contribution is 7.78. The molecule has 4 rings (SSSR count).